The second-order valence-electron chi connectivity index (χ2n) is 7.24. The van der Waals surface area contributed by atoms with Gasteiger partial charge >= 0.3 is 6.03 Å². The maximum absolute atomic E-state index is 12.4. The molecule has 0 radical (unpaired) electrons. The summed E-state index contributed by atoms with van der Waals surface area (Å²) >= 11 is 0. The van der Waals surface area contributed by atoms with Crippen LogP contribution in [0.5, 0.6) is 0 Å². The van der Waals surface area contributed by atoms with Gasteiger partial charge in [-0.05, 0) is 25.7 Å². The van der Waals surface area contributed by atoms with Crippen molar-refractivity contribution in [1.82, 2.24) is 20.0 Å². The van der Waals surface area contributed by atoms with Gasteiger partial charge in [0.25, 0.3) is 0 Å². The minimum Gasteiger partial charge on any atom is -0.353 e. The number of amides is 4. The second kappa shape index (κ2) is 7.89. The standard InChI is InChI=1S/C18H28N4O3/c1-2-7-22-13-14(12-16(22)23)17(24)19-15-5-10-21(11-6-15)18(25)20-8-3-4-9-20/h2,14-15H,1,3-13H2,(H,19,24). The number of urea groups is 1. The molecule has 3 aliphatic heterocycles. The third-order valence-corrected chi connectivity index (χ3v) is 5.42. The van der Waals surface area contributed by atoms with Crippen LogP contribution in [0.4, 0.5) is 4.79 Å². The highest BCUT2D eigenvalue weighted by molar-refractivity contribution is 5.89. The van der Waals surface area contributed by atoms with E-state index in [2.05, 4.69) is 11.9 Å². The second-order valence-corrected chi connectivity index (χ2v) is 7.24. The quantitative estimate of drug-likeness (QED) is 0.765. The number of rotatable bonds is 4. The lowest BCUT2D eigenvalue weighted by Gasteiger charge is -2.35. The van der Waals surface area contributed by atoms with Crippen LogP contribution in [-0.2, 0) is 9.59 Å². The van der Waals surface area contributed by atoms with Gasteiger partial charge in [-0.1, -0.05) is 6.08 Å². The highest BCUT2D eigenvalue weighted by Crippen LogP contribution is 2.20. The molecule has 3 heterocycles. The summed E-state index contributed by atoms with van der Waals surface area (Å²) in [5, 5.41) is 3.08. The fraction of sp³-hybridized carbons (Fsp3) is 0.722. The molecule has 0 aromatic heterocycles. The average molecular weight is 348 g/mol. The molecular formula is C18H28N4O3. The van der Waals surface area contributed by atoms with E-state index in [-0.39, 0.29) is 36.2 Å². The third kappa shape index (κ3) is 4.14. The molecule has 25 heavy (non-hydrogen) atoms. The van der Waals surface area contributed by atoms with Gasteiger partial charge in [0.05, 0.1) is 5.92 Å². The lowest BCUT2D eigenvalue weighted by Crippen LogP contribution is -2.50. The molecule has 7 nitrogen and oxygen atoms in total. The van der Waals surface area contributed by atoms with Crippen molar-refractivity contribution in [2.45, 2.75) is 38.1 Å². The lowest BCUT2D eigenvalue weighted by atomic mass is 10.0. The zero-order chi connectivity index (χ0) is 17.8. The number of nitrogens with zero attached hydrogens (tertiary/aromatic N) is 3. The van der Waals surface area contributed by atoms with E-state index in [0.29, 0.717) is 26.2 Å². The first-order chi connectivity index (χ1) is 12.1. The van der Waals surface area contributed by atoms with Crippen LogP contribution in [-0.4, -0.2) is 77.9 Å². The van der Waals surface area contributed by atoms with Crippen molar-refractivity contribution in [2.24, 2.45) is 5.92 Å². The molecule has 1 unspecified atom stereocenters. The van der Waals surface area contributed by atoms with Gasteiger partial charge in [0.15, 0.2) is 0 Å². The fourth-order valence-electron chi connectivity index (χ4n) is 3.92. The monoisotopic (exact) mass is 348 g/mol. The Kier molecular flexibility index (Phi) is 5.60. The van der Waals surface area contributed by atoms with Crippen LogP contribution >= 0.6 is 0 Å². The minimum absolute atomic E-state index is 0.0195. The van der Waals surface area contributed by atoms with Crippen LogP contribution in [0.3, 0.4) is 0 Å². The van der Waals surface area contributed by atoms with Crippen LogP contribution in [0.2, 0.25) is 0 Å². The van der Waals surface area contributed by atoms with E-state index < -0.39 is 0 Å². The van der Waals surface area contributed by atoms with E-state index in [1.807, 2.05) is 9.80 Å². The van der Waals surface area contributed by atoms with Gasteiger partial charge in [-0.3, -0.25) is 9.59 Å². The Morgan fingerprint density at radius 1 is 1.12 bits per heavy atom. The van der Waals surface area contributed by atoms with Crippen LogP contribution in [0, 0.1) is 5.92 Å². The number of hydrogen-bond acceptors (Lipinski definition) is 3. The highest BCUT2D eigenvalue weighted by Gasteiger charge is 2.35. The van der Waals surface area contributed by atoms with Crippen molar-refractivity contribution >= 4 is 17.8 Å². The Morgan fingerprint density at radius 2 is 1.76 bits per heavy atom. The fourth-order valence-corrected chi connectivity index (χ4v) is 3.92. The molecule has 3 rings (SSSR count). The maximum atomic E-state index is 12.4. The number of piperidine rings is 1. The van der Waals surface area contributed by atoms with Crippen molar-refractivity contribution in [2.75, 3.05) is 39.3 Å². The van der Waals surface area contributed by atoms with Crippen molar-refractivity contribution in [1.29, 1.82) is 0 Å². The summed E-state index contributed by atoms with van der Waals surface area (Å²) in [6.07, 6.45) is 5.73. The van der Waals surface area contributed by atoms with E-state index in [1.165, 1.54) is 0 Å². The summed E-state index contributed by atoms with van der Waals surface area (Å²) in [7, 11) is 0. The predicted octanol–water partition coefficient (Wildman–Crippen LogP) is 0.817. The van der Waals surface area contributed by atoms with Crippen molar-refractivity contribution in [3.63, 3.8) is 0 Å². The lowest BCUT2D eigenvalue weighted by molar-refractivity contribution is -0.129. The number of nitrogens with one attached hydrogen (secondary N) is 1. The molecule has 3 saturated heterocycles. The van der Waals surface area contributed by atoms with E-state index in [1.54, 1.807) is 11.0 Å². The predicted molar refractivity (Wildman–Crippen MR) is 93.8 cm³/mol. The van der Waals surface area contributed by atoms with Gasteiger partial charge in [0, 0.05) is 51.7 Å². The minimum atomic E-state index is -0.267. The van der Waals surface area contributed by atoms with Crippen LogP contribution in [0.15, 0.2) is 12.7 Å². The van der Waals surface area contributed by atoms with Crippen molar-refractivity contribution in [3.8, 4) is 0 Å². The molecule has 1 N–H and O–H groups in total. The van der Waals surface area contributed by atoms with Gasteiger partial charge in [-0.25, -0.2) is 4.79 Å². The summed E-state index contributed by atoms with van der Waals surface area (Å²) in [5.41, 5.74) is 0. The summed E-state index contributed by atoms with van der Waals surface area (Å²) in [4.78, 5) is 42.2. The summed E-state index contributed by atoms with van der Waals surface area (Å²) in [6, 6.07) is 0.238. The summed E-state index contributed by atoms with van der Waals surface area (Å²) in [5.74, 6) is -0.285. The zero-order valence-electron chi connectivity index (χ0n) is 14.8. The maximum Gasteiger partial charge on any atom is 0.319 e. The van der Waals surface area contributed by atoms with E-state index in [0.717, 1.165) is 38.8 Å². The highest BCUT2D eigenvalue weighted by atomic mass is 16.2. The van der Waals surface area contributed by atoms with Gasteiger partial charge < -0.3 is 20.0 Å². The molecule has 0 spiro atoms. The Labute approximate surface area is 149 Å². The van der Waals surface area contributed by atoms with Crippen LogP contribution in [0.25, 0.3) is 0 Å². The first kappa shape index (κ1) is 17.8. The number of carbonyl (C=O) groups is 3. The molecule has 0 saturated carbocycles. The van der Waals surface area contributed by atoms with Crippen molar-refractivity contribution in [3.05, 3.63) is 12.7 Å². The molecule has 0 aliphatic carbocycles. The Morgan fingerprint density at radius 3 is 2.40 bits per heavy atom. The molecule has 4 amide bonds. The molecule has 0 bridgehead atoms. The molecular weight excluding hydrogens is 320 g/mol. The first-order valence-electron chi connectivity index (χ1n) is 9.31. The van der Waals surface area contributed by atoms with E-state index in [4.69, 9.17) is 0 Å². The number of likely N-dealkylation sites (tertiary alicyclic amines) is 3. The summed E-state index contributed by atoms with van der Waals surface area (Å²) < 4.78 is 0. The molecule has 0 aromatic carbocycles. The van der Waals surface area contributed by atoms with Gasteiger partial charge in [-0.15, -0.1) is 6.58 Å². The van der Waals surface area contributed by atoms with Crippen molar-refractivity contribution < 1.29 is 14.4 Å². The van der Waals surface area contributed by atoms with Crippen LogP contribution in [0.1, 0.15) is 32.1 Å². The Balaban J connectivity index is 1.43. The number of hydrogen-bond donors (Lipinski definition) is 1. The normalized spacial score (nSPS) is 24.7. The van der Waals surface area contributed by atoms with Gasteiger partial charge in [0.2, 0.25) is 11.8 Å². The molecule has 3 aliphatic rings. The molecule has 138 valence electrons. The molecule has 3 fully saturated rings. The Bertz CT molecular complexity index is 536. The van der Waals surface area contributed by atoms with Gasteiger partial charge in [-0.2, -0.15) is 0 Å². The molecule has 7 heteroatoms. The van der Waals surface area contributed by atoms with Crippen LogP contribution < -0.4 is 5.32 Å². The van der Waals surface area contributed by atoms with E-state index in [9.17, 15) is 14.4 Å². The first-order valence-corrected chi connectivity index (χ1v) is 9.31. The molecule has 0 aromatic rings. The third-order valence-electron chi connectivity index (χ3n) is 5.42. The summed E-state index contributed by atoms with van der Waals surface area (Å²) in [6.45, 7) is 7.73. The average Bonchev–Trinajstić information content (AvgIpc) is 3.26. The number of carbonyl (C=O) groups excluding carboxylic acids is 3. The topological polar surface area (TPSA) is 73.0 Å². The largest absolute Gasteiger partial charge is 0.353 e. The smallest absolute Gasteiger partial charge is 0.319 e. The molecule has 1 atom stereocenters. The SMILES string of the molecule is C=CCN1CC(C(=O)NC2CCN(C(=O)N3CCCC3)CC2)CC1=O. The Hall–Kier alpha value is -2.05. The zero-order valence-corrected chi connectivity index (χ0v) is 14.8. The van der Waals surface area contributed by atoms with Gasteiger partial charge in [0.1, 0.15) is 0 Å². The van der Waals surface area contributed by atoms with E-state index >= 15 is 0 Å².